The first kappa shape index (κ1) is 14.6. The number of carbonyl (C=O) groups excluding carboxylic acids is 1. The fraction of sp³-hybridized carbons (Fsp3) is 0.133. The second kappa shape index (κ2) is 6.13. The highest BCUT2D eigenvalue weighted by Crippen LogP contribution is 2.31. The van der Waals surface area contributed by atoms with Crippen LogP contribution in [0.5, 0.6) is 17.2 Å². The van der Waals surface area contributed by atoms with Crippen LogP contribution in [0.2, 0.25) is 0 Å². The SMILES string of the molecule is COc1cc(F)ccc1NC(=O)c1cccc(OC)c1O. The van der Waals surface area contributed by atoms with Gasteiger partial charge in [0.1, 0.15) is 11.6 Å². The van der Waals surface area contributed by atoms with Gasteiger partial charge in [0.15, 0.2) is 11.5 Å². The summed E-state index contributed by atoms with van der Waals surface area (Å²) >= 11 is 0. The van der Waals surface area contributed by atoms with Gasteiger partial charge in [0, 0.05) is 6.07 Å². The van der Waals surface area contributed by atoms with Gasteiger partial charge < -0.3 is 19.9 Å². The van der Waals surface area contributed by atoms with E-state index in [9.17, 15) is 14.3 Å². The summed E-state index contributed by atoms with van der Waals surface area (Å²) in [7, 11) is 2.76. The van der Waals surface area contributed by atoms with E-state index < -0.39 is 11.7 Å². The summed E-state index contributed by atoms with van der Waals surface area (Å²) < 4.78 is 23.0. The zero-order chi connectivity index (χ0) is 15.4. The molecule has 0 aliphatic heterocycles. The highest BCUT2D eigenvalue weighted by Gasteiger charge is 2.16. The summed E-state index contributed by atoms with van der Waals surface area (Å²) in [5.41, 5.74) is 0.340. The fourth-order valence-electron chi connectivity index (χ4n) is 1.83. The number of benzene rings is 2. The van der Waals surface area contributed by atoms with Gasteiger partial charge in [-0.1, -0.05) is 6.07 Å². The zero-order valence-electron chi connectivity index (χ0n) is 11.5. The summed E-state index contributed by atoms with van der Waals surface area (Å²) in [6.07, 6.45) is 0. The van der Waals surface area contributed by atoms with Gasteiger partial charge >= 0.3 is 0 Å². The van der Waals surface area contributed by atoms with Gasteiger partial charge in [-0.25, -0.2) is 4.39 Å². The van der Waals surface area contributed by atoms with Crippen molar-refractivity contribution in [3.8, 4) is 17.2 Å². The molecule has 2 aromatic rings. The van der Waals surface area contributed by atoms with E-state index in [1.165, 1.54) is 38.5 Å². The average Bonchev–Trinajstić information content (AvgIpc) is 2.49. The molecular formula is C15H14FNO4. The molecular weight excluding hydrogens is 277 g/mol. The Balaban J connectivity index is 2.30. The van der Waals surface area contributed by atoms with Crippen molar-refractivity contribution < 1.29 is 23.8 Å². The van der Waals surface area contributed by atoms with E-state index in [0.717, 1.165) is 6.07 Å². The minimum Gasteiger partial charge on any atom is -0.504 e. The van der Waals surface area contributed by atoms with Gasteiger partial charge in [0.2, 0.25) is 0 Å². The van der Waals surface area contributed by atoms with E-state index in [1.54, 1.807) is 6.07 Å². The summed E-state index contributed by atoms with van der Waals surface area (Å²) in [4.78, 5) is 12.2. The molecule has 6 heteroatoms. The second-order valence-electron chi connectivity index (χ2n) is 4.16. The molecule has 21 heavy (non-hydrogen) atoms. The Morgan fingerprint density at radius 3 is 2.52 bits per heavy atom. The number of anilines is 1. The molecule has 0 aliphatic rings. The lowest BCUT2D eigenvalue weighted by Gasteiger charge is -2.12. The van der Waals surface area contributed by atoms with Crippen molar-refractivity contribution in [2.24, 2.45) is 0 Å². The van der Waals surface area contributed by atoms with Crippen molar-refractivity contribution in [2.45, 2.75) is 0 Å². The van der Waals surface area contributed by atoms with E-state index in [-0.39, 0.29) is 22.8 Å². The van der Waals surface area contributed by atoms with Crippen LogP contribution in [-0.4, -0.2) is 25.2 Å². The Kier molecular flexibility index (Phi) is 4.27. The van der Waals surface area contributed by atoms with Crippen molar-refractivity contribution in [3.63, 3.8) is 0 Å². The van der Waals surface area contributed by atoms with Crippen LogP contribution in [0.25, 0.3) is 0 Å². The summed E-state index contributed by atoms with van der Waals surface area (Å²) in [6.45, 7) is 0. The lowest BCUT2D eigenvalue weighted by atomic mass is 10.1. The minimum atomic E-state index is -0.559. The van der Waals surface area contributed by atoms with E-state index in [2.05, 4.69) is 5.32 Å². The smallest absolute Gasteiger partial charge is 0.259 e. The Hall–Kier alpha value is -2.76. The van der Waals surface area contributed by atoms with Gasteiger partial charge in [0.25, 0.3) is 5.91 Å². The third-order valence-electron chi connectivity index (χ3n) is 2.88. The van der Waals surface area contributed by atoms with Crippen LogP contribution in [0.1, 0.15) is 10.4 Å². The number of ether oxygens (including phenoxy) is 2. The number of hydrogen-bond acceptors (Lipinski definition) is 4. The number of amides is 1. The van der Waals surface area contributed by atoms with Crippen LogP contribution >= 0.6 is 0 Å². The maximum absolute atomic E-state index is 13.1. The maximum Gasteiger partial charge on any atom is 0.259 e. The van der Waals surface area contributed by atoms with Crippen molar-refractivity contribution in [3.05, 3.63) is 47.8 Å². The normalized spacial score (nSPS) is 10.0. The quantitative estimate of drug-likeness (QED) is 0.909. The molecule has 0 unspecified atom stereocenters. The van der Waals surface area contributed by atoms with E-state index in [0.29, 0.717) is 5.69 Å². The lowest BCUT2D eigenvalue weighted by Crippen LogP contribution is -2.13. The molecule has 5 nitrogen and oxygen atoms in total. The standard InChI is InChI=1S/C15H14FNO4/c1-20-12-5-3-4-10(14(12)18)15(19)17-11-7-6-9(16)8-13(11)21-2/h3-8,18H,1-2H3,(H,17,19). The fourth-order valence-corrected chi connectivity index (χ4v) is 1.83. The van der Waals surface area contributed by atoms with Crippen LogP contribution in [-0.2, 0) is 0 Å². The number of methoxy groups -OCH3 is 2. The number of aromatic hydroxyl groups is 1. The average molecular weight is 291 g/mol. The number of phenols is 1. The maximum atomic E-state index is 13.1. The van der Waals surface area contributed by atoms with Crippen molar-refractivity contribution in [1.29, 1.82) is 0 Å². The molecule has 0 aliphatic carbocycles. The summed E-state index contributed by atoms with van der Waals surface area (Å²) in [5, 5.41) is 12.5. The highest BCUT2D eigenvalue weighted by atomic mass is 19.1. The molecule has 2 N–H and O–H groups in total. The van der Waals surface area contributed by atoms with E-state index >= 15 is 0 Å². The van der Waals surface area contributed by atoms with Crippen LogP contribution < -0.4 is 14.8 Å². The monoisotopic (exact) mass is 291 g/mol. The molecule has 0 fully saturated rings. The van der Waals surface area contributed by atoms with Gasteiger partial charge in [0.05, 0.1) is 25.5 Å². The number of hydrogen-bond donors (Lipinski definition) is 2. The van der Waals surface area contributed by atoms with Gasteiger partial charge in [-0.3, -0.25) is 4.79 Å². The Morgan fingerprint density at radius 1 is 1.14 bits per heavy atom. The molecule has 0 bridgehead atoms. The van der Waals surface area contributed by atoms with Gasteiger partial charge in [-0.15, -0.1) is 0 Å². The van der Waals surface area contributed by atoms with E-state index in [1.807, 2.05) is 0 Å². The van der Waals surface area contributed by atoms with Crippen LogP contribution in [0.15, 0.2) is 36.4 Å². The van der Waals surface area contributed by atoms with Crippen molar-refractivity contribution in [1.82, 2.24) is 0 Å². The predicted octanol–water partition coefficient (Wildman–Crippen LogP) is 2.80. The molecule has 0 radical (unpaired) electrons. The van der Waals surface area contributed by atoms with Crippen molar-refractivity contribution >= 4 is 11.6 Å². The first-order chi connectivity index (χ1) is 10.1. The molecule has 0 spiro atoms. The Morgan fingerprint density at radius 2 is 1.86 bits per heavy atom. The second-order valence-corrected chi connectivity index (χ2v) is 4.16. The third-order valence-corrected chi connectivity index (χ3v) is 2.88. The molecule has 0 saturated carbocycles. The number of phenolic OH excluding ortho intramolecular Hbond substituents is 1. The summed E-state index contributed by atoms with van der Waals surface area (Å²) in [5.74, 6) is -0.927. The zero-order valence-corrected chi connectivity index (χ0v) is 11.5. The first-order valence-corrected chi connectivity index (χ1v) is 6.07. The van der Waals surface area contributed by atoms with Crippen LogP contribution in [0.3, 0.4) is 0 Å². The molecule has 2 aromatic carbocycles. The van der Waals surface area contributed by atoms with Gasteiger partial charge in [-0.05, 0) is 24.3 Å². The highest BCUT2D eigenvalue weighted by molar-refractivity contribution is 6.07. The van der Waals surface area contributed by atoms with Crippen molar-refractivity contribution in [2.75, 3.05) is 19.5 Å². The number of halogens is 1. The molecule has 110 valence electrons. The predicted molar refractivity (Wildman–Crippen MR) is 75.6 cm³/mol. The Bertz CT molecular complexity index is 673. The number of carbonyl (C=O) groups is 1. The van der Waals surface area contributed by atoms with E-state index in [4.69, 9.17) is 9.47 Å². The summed E-state index contributed by atoms with van der Waals surface area (Å²) in [6, 6.07) is 8.29. The molecule has 0 heterocycles. The number of para-hydroxylation sites is 1. The molecule has 0 saturated heterocycles. The first-order valence-electron chi connectivity index (χ1n) is 6.07. The molecule has 2 rings (SSSR count). The third kappa shape index (κ3) is 3.05. The minimum absolute atomic E-state index is 0.0423. The molecule has 1 amide bonds. The lowest BCUT2D eigenvalue weighted by molar-refractivity contribution is 0.102. The largest absolute Gasteiger partial charge is 0.504 e. The molecule has 0 aromatic heterocycles. The number of nitrogens with one attached hydrogen (secondary N) is 1. The topological polar surface area (TPSA) is 67.8 Å². The molecule has 0 atom stereocenters. The van der Waals surface area contributed by atoms with Crippen LogP contribution in [0, 0.1) is 5.82 Å². The number of rotatable bonds is 4. The Labute approximate surface area is 120 Å². The van der Waals surface area contributed by atoms with Crippen LogP contribution in [0.4, 0.5) is 10.1 Å². The van der Waals surface area contributed by atoms with Gasteiger partial charge in [-0.2, -0.15) is 0 Å².